The Kier molecular flexibility index (Phi) is 4.92. The molecule has 2 heterocycles. The molecule has 0 bridgehead atoms. The van der Waals surface area contributed by atoms with Crippen LogP contribution in [0.15, 0.2) is 6.20 Å². The minimum atomic E-state index is -0.866. The van der Waals surface area contributed by atoms with Crippen LogP contribution in [-0.2, 0) is 4.79 Å². The molecule has 1 N–H and O–H groups in total. The van der Waals surface area contributed by atoms with Crippen molar-refractivity contribution in [3.63, 3.8) is 0 Å². The van der Waals surface area contributed by atoms with E-state index in [9.17, 15) is 9.59 Å². The second-order valence-corrected chi connectivity index (χ2v) is 6.66. The van der Waals surface area contributed by atoms with E-state index in [1.54, 1.807) is 22.9 Å². The Bertz CT molecular complexity index is 542. The predicted molar refractivity (Wildman–Crippen MR) is 81.8 cm³/mol. The predicted octanol–water partition coefficient (Wildman–Crippen LogP) is 1.80. The van der Waals surface area contributed by atoms with Gasteiger partial charge < -0.3 is 10.0 Å². The lowest BCUT2D eigenvalue weighted by atomic mass is 10.1. The third-order valence-corrected chi connectivity index (χ3v) is 4.75. The molecule has 0 aliphatic carbocycles. The summed E-state index contributed by atoms with van der Waals surface area (Å²) in [5.41, 5.74) is 1.41. The number of rotatable bonds is 4. The van der Waals surface area contributed by atoms with Gasteiger partial charge in [0.25, 0.3) is 5.91 Å². The maximum Gasteiger partial charge on any atom is 0.305 e. The van der Waals surface area contributed by atoms with Gasteiger partial charge in [-0.25, -0.2) is 0 Å². The molecule has 1 saturated heterocycles. The monoisotopic (exact) mass is 311 g/mol. The maximum absolute atomic E-state index is 12.7. The first-order chi connectivity index (χ1) is 9.91. The van der Waals surface area contributed by atoms with Crippen molar-refractivity contribution < 1.29 is 14.7 Å². The lowest BCUT2D eigenvalue weighted by molar-refractivity contribution is -0.138. The Morgan fingerprint density at radius 2 is 2.24 bits per heavy atom. The molecular weight excluding hydrogens is 290 g/mol. The molecule has 1 unspecified atom stereocenters. The van der Waals surface area contributed by atoms with E-state index in [-0.39, 0.29) is 24.4 Å². The molecule has 6 nitrogen and oxygen atoms in total. The van der Waals surface area contributed by atoms with Crippen LogP contribution < -0.4 is 0 Å². The molecule has 1 fully saturated rings. The van der Waals surface area contributed by atoms with E-state index in [2.05, 4.69) is 5.10 Å². The fourth-order valence-electron chi connectivity index (χ4n) is 2.60. The van der Waals surface area contributed by atoms with E-state index < -0.39 is 5.97 Å². The highest BCUT2D eigenvalue weighted by Gasteiger charge is 2.31. The number of aromatic nitrogens is 2. The van der Waals surface area contributed by atoms with Crippen molar-refractivity contribution in [1.29, 1.82) is 0 Å². The van der Waals surface area contributed by atoms with Crippen molar-refractivity contribution in [2.45, 2.75) is 39.3 Å². The molecule has 0 saturated carbocycles. The summed E-state index contributed by atoms with van der Waals surface area (Å²) in [4.78, 5) is 25.4. The highest BCUT2D eigenvalue weighted by atomic mass is 32.2. The number of carbonyl (C=O) groups is 2. The molecule has 1 atom stereocenters. The lowest BCUT2D eigenvalue weighted by Crippen LogP contribution is -2.47. The zero-order valence-corrected chi connectivity index (χ0v) is 13.4. The third kappa shape index (κ3) is 3.40. The van der Waals surface area contributed by atoms with Gasteiger partial charge in [0.05, 0.1) is 24.2 Å². The molecule has 116 valence electrons. The minimum absolute atomic E-state index is 0.00386. The van der Waals surface area contributed by atoms with Gasteiger partial charge in [-0.1, -0.05) is 0 Å². The minimum Gasteiger partial charge on any atom is -0.481 e. The van der Waals surface area contributed by atoms with Crippen LogP contribution in [-0.4, -0.2) is 55.8 Å². The Morgan fingerprint density at radius 3 is 2.81 bits per heavy atom. The molecule has 1 aromatic heterocycles. The van der Waals surface area contributed by atoms with Crippen molar-refractivity contribution in [2.75, 3.05) is 18.1 Å². The molecule has 1 aromatic rings. The van der Waals surface area contributed by atoms with Crippen LogP contribution in [0.1, 0.15) is 42.4 Å². The first-order valence-electron chi connectivity index (χ1n) is 7.06. The first-order valence-corrected chi connectivity index (χ1v) is 8.22. The van der Waals surface area contributed by atoms with E-state index in [4.69, 9.17) is 5.11 Å². The van der Waals surface area contributed by atoms with Gasteiger partial charge in [0.15, 0.2) is 0 Å². The molecule has 21 heavy (non-hydrogen) atoms. The van der Waals surface area contributed by atoms with Gasteiger partial charge in [-0.3, -0.25) is 14.3 Å². The van der Waals surface area contributed by atoms with E-state index in [0.717, 1.165) is 11.4 Å². The Hall–Kier alpha value is -1.50. The molecule has 0 radical (unpaired) electrons. The normalized spacial score (nSPS) is 19.0. The summed E-state index contributed by atoms with van der Waals surface area (Å²) >= 11 is 1.70. The standard InChI is InChI=1S/C14H21N3O3S/c1-9(2)17-10(3)12(7-15-17)14(20)16-4-5-21-8-11(16)6-13(18)19/h7,9,11H,4-6,8H2,1-3H3,(H,18,19). The van der Waals surface area contributed by atoms with E-state index in [0.29, 0.717) is 17.9 Å². The molecule has 0 aromatic carbocycles. The molecule has 1 aliphatic rings. The van der Waals surface area contributed by atoms with Crippen molar-refractivity contribution in [3.8, 4) is 0 Å². The zero-order valence-electron chi connectivity index (χ0n) is 12.6. The van der Waals surface area contributed by atoms with Gasteiger partial charge in [0.2, 0.25) is 0 Å². The highest BCUT2D eigenvalue weighted by Crippen LogP contribution is 2.23. The molecule has 1 amide bonds. The fraction of sp³-hybridized carbons (Fsp3) is 0.643. The third-order valence-electron chi connectivity index (χ3n) is 3.66. The summed E-state index contributed by atoms with van der Waals surface area (Å²) in [5.74, 6) is 0.551. The number of hydrogen-bond donors (Lipinski definition) is 1. The number of amides is 1. The number of hydrogen-bond acceptors (Lipinski definition) is 4. The Morgan fingerprint density at radius 1 is 1.52 bits per heavy atom. The molecule has 7 heteroatoms. The van der Waals surface area contributed by atoms with E-state index in [1.807, 2.05) is 25.5 Å². The summed E-state index contributed by atoms with van der Waals surface area (Å²) < 4.78 is 1.82. The van der Waals surface area contributed by atoms with Crippen molar-refractivity contribution >= 4 is 23.6 Å². The Balaban J connectivity index is 2.22. The quantitative estimate of drug-likeness (QED) is 0.917. The van der Waals surface area contributed by atoms with Crippen LogP contribution in [0, 0.1) is 6.92 Å². The summed E-state index contributed by atoms with van der Waals surface area (Å²) in [5, 5.41) is 13.3. The van der Waals surface area contributed by atoms with Crippen LogP contribution in [0.5, 0.6) is 0 Å². The second kappa shape index (κ2) is 6.51. The highest BCUT2D eigenvalue weighted by molar-refractivity contribution is 7.99. The van der Waals surface area contributed by atoms with Crippen LogP contribution in [0.2, 0.25) is 0 Å². The summed E-state index contributed by atoms with van der Waals surface area (Å²) in [7, 11) is 0. The summed E-state index contributed by atoms with van der Waals surface area (Å²) in [6, 6.07) is -0.0474. The number of thioether (sulfide) groups is 1. The van der Waals surface area contributed by atoms with Crippen LogP contribution in [0.3, 0.4) is 0 Å². The second-order valence-electron chi connectivity index (χ2n) is 5.51. The number of carbonyl (C=O) groups excluding carboxylic acids is 1. The SMILES string of the molecule is Cc1c(C(=O)N2CCSCC2CC(=O)O)cnn1C(C)C. The topological polar surface area (TPSA) is 75.4 Å². The number of carboxylic acids is 1. The molecule has 0 spiro atoms. The number of nitrogens with zero attached hydrogens (tertiary/aromatic N) is 3. The number of carboxylic acid groups (broad SMARTS) is 1. The van der Waals surface area contributed by atoms with Crippen molar-refractivity contribution in [2.24, 2.45) is 0 Å². The molecular formula is C14H21N3O3S. The van der Waals surface area contributed by atoms with Gasteiger partial charge in [-0.05, 0) is 20.8 Å². The van der Waals surface area contributed by atoms with Crippen molar-refractivity contribution in [1.82, 2.24) is 14.7 Å². The largest absolute Gasteiger partial charge is 0.481 e. The Labute approximate surface area is 128 Å². The van der Waals surface area contributed by atoms with Crippen LogP contribution >= 0.6 is 11.8 Å². The number of aliphatic carboxylic acids is 1. The average molecular weight is 311 g/mol. The summed E-state index contributed by atoms with van der Waals surface area (Å²) in [6.07, 6.45) is 1.59. The van der Waals surface area contributed by atoms with Crippen LogP contribution in [0.25, 0.3) is 0 Å². The average Bonchev–Trinajstić information content (AvgIpc) is 2.80. The molecule has 2 rings (SSSR count). The molecule has 1 aliphatic heterocycles. The summed E-state index contributed by atoms with van der Waals surface area (Å²) in [6.45, 7) is 6.50. The smallest absolute Gasteiger partial charge is 0.305 e. The zero-order chi connectivity index (χ0) is 15.6. The lowest BCUT2D eigenvalue weighted by Gasteiger charge is -2.34. The first kappa shape index (κ1) is 15.9. The van der Waals surface area contributed by atoms with Gasteiger partial charge in [0.1, 0.15) is 0 Å². The van der Waals surface area contributed by atoms with Gasteiger partial charge >= 0.3 is 5.97 Å². The van der Waals surface area contributed by atoms with Crippen molar-refractivity contribution in [3.05, 3.63) is 17.5 Å². The maximum atomic E-state index is 12.7. The van der Waals surface area contributed by atoms with Gasteiger partial charge in [0, 0.05) is 29.8 Å². The van der Waals surface area contributed by atoms with E-state index in [1.165, 1.54) is 0 Å². The van der Waals surface area contributed by atoms with Gasteiger partial charge in [-0.2, -0.15) is 16.9 Å². The van der Waals surface area contributed by atoms with Gasteiger partial charge in [-0.15, -0.1) is 0 Å². The van der Waals surface area contributed by atoms with Crippen LogP contribution in [0.4, 0.5) is 0 Å². The van der Waals surface area contributed by atoms with E-state index >= 15 is 0 Å². The fourth-order valence-corrected chi connectivity index (χ4v) is 3.66.